The molecule has 3 heterocycles. The number of aromatic nitrogens is 2. The summed E-state index contributed by atoms with van der Waals surface area (Å²) in [7, 11) is 0. The highest BCUT2D eigenvalue weighted by molar-refractivity contribution is 9.10. The minimum atomic E-state index is -0.0802. The van der Waals surface area contributed by atoms with Crippen LogP contribution in [0.25, 0.3) is 11.5 Å². The van der Waals surface area contributed by atoms with Crippen LogP contribution in [-0.2, 0) is 4.79 Å². The summed E-state index contributed by atoms with van der Waals surface area (Å²) in [6.07, 6.45) is 3.43. The Hall–Kier alpha value is -2.67. The zero-order chi connectivity index (χ0) is 19.5. The number of hydrogen-bond acceptors (Lipinski definition) is 5. The minimum Gasteiger partial charge on any atom is -0.463 e. The van der Waals surface area contributed by atoms with Gasteiger partial charge >= 0.3 is 0 Å². The number of amides is 1. The fourth-order valence-electron chi connectivity index (χ4n) is 3.45. The number of hydrogen-bond donors (Lipinski definition) is 1. The van der Waals surface area contributed by atoms with Crippen molar-refractivity contribution >= 4 is 33.3 Å². The summed E-state index contributed by atoms with van der Waals surface area (Å²) >= 11 is 3.45. The first-order chi connectivity index (χ1) is 13.6. The third-order valence-corrected chi connectivity index (χ3v) is 5.48. The van der Waals surface area contributed by atoms with E-state index < -0.39 is 0 Å². The molecule has 4 rings (SSSR count). The van der Waals surface area contributed by atoms with E-state index >= 15 is 0 Å². The molecule has 1 aliphatic rings. The Morgan fingerprint density at radius 2 is 2.14 bits per heavy atom. The van der Waals surface area contributed by atoms with Gasteiger partial charge in [0.05, 0.1) is 12.2 Å². The predicted molar refractivity (Wildman–Crippen MR) is 112 cm³/mol. The van der Waals surface area contributed by atoms with Gasteiger partial charge in [0, 0.05) is 23.2 Å². The van der Waals surface area contributed by atoms with E-state index in [0.29, 0.717) is 18.0 Å². The number of nitrogens with one attached hydrogen (secondary N) is 1. The molecule has 7 heteroatoms. The normalized spacial score (nSPS) is 16.8. The van der Waals surface area contributed by atoms with Crippen molar-refractivity contribution in [1.29, 1.82) is 0 Å². The largest absolute Gasteiger partial charge is 0.463 e. The van der Waals surface area contributed by atoms with Gasteiger partial charge in [0.15, 0.2) is 11.6 Å². The number of nitrogens with zero attached hydrogens (tertiary/aromatic N) is 3. The molecule has 0 radical (unpaired) electrons. The Bertz CT molecular complexity index is 957. The third kappa shape index (κ3) is 4.09. The number of carbonyl (C=O) groups is 1. The van der Waals surface area contributed by atoms with E-state index in [2.05, 4.69) is 36.3 Å². The number of furan rings is 1. The third-order valence-electron chi connectivity index (χ3n) is 4.99. The lowest BCUT2D eigenvalue weighted by atomic mass is 9.97. The second kappa shape index (κ2) is 8.14. The summed E-state index contributed by atoms with van der Waals surface area (Å²) in [6.45, 7) is 3.50. The highest BCUT2D eigenvalue weighted by Gasteiger charge is 2.27. The standard InChI is InChI=1S/C21H21BrN4O2/c1-14-12-16(22)6-7-17(14)23-21(27)15-4-2-10-26(13-15)20-9-8-18(24-25-20)19-5-3-11-28-19/h3,5-9,11-12,15H,2,4,10,13H2,1H3,(H,23,27). The topological polar surface area (TPSA) is 71.3 Å². The van der Waals surface area contributed by atoms with Crippen LogP contribution in [0.15, 0.2) is 57.6 Å². The monoisotopic (exact) mass is 440 g/mol. The van der Waals surface area contributed by atoms with Crippen molar-refractivity contribution in [3.8, 4) is 11.5 Å². The minimum absolute atomic E-state index is 0.0512. The van der Waals surface area contributed by atoms with Gasteiger partial charge < -0.3 is 14.6 Å². The van der Waals surface area contributed by atoms with Gasteiger partial charge in [-0.1, -0.05) is 15.9 Å². The van der Waals surface area contributed by atoms with Gasteiger partial charge in [-0.2, -0.15) is 0 Å². The molecule has 6 nitrogen and oxygen atoms in total. The van der Waals surface area contributed by atoms with Crippen LogP contribution in [0, 0.1) is 12.8 Å². The molecule has 1 saturated heterocycles. The van der Waals surface area contributed by atoms with E-state index in [1.807, 2.05) is 49.4 Å². The van der Waals surface area contributed by atoms with Crippen LogP contribution in [0.5, 0.6) is 0 Å². The second-order valence-corrected chi connectivity index (χ2v) is 7.90. The summed E-state index contributed by atoms with van der Waals surface area (Å²) < 4.78 is 6.36. The fraction of sp³-hybridized carbons (Fsp3) is 0.286. The molecule has 28 heavy (non-hydrogen) atoms. The first-order valence-electron chi connectivity index (χ1n) is 9.30. The molecule has 1 fully saturated rings. The average Bonchev–Trinajstić information content (AvgIpc) is 3.25. The number of aryl methyl sites for hydroxylation is 1. The molecule has 0 aliphatic carbocycles. The van der Waals surface area contributed by atoms with E-state index in [-0.39, 0.29) is 11.8 Å². The van der Waals surface area contributed by atoms with E-state index in [4.69, 9.17) is 4.42 Å². The van der Waals surface area contributed by atoms with E-state index in [1.54, 1.807) is 6.26 Å². The molecular weight excluding hydrogens is 420 g/mol. The lowest BCUT2D eigenvalue weighted by Crippen LogP contribution is -2.41. The molecule has 1 unspecified atom stereocenters. The van der Waals surface area contributed by atoms with E-state index in [0.717, 1.165) is 40.9 Å². The highest BCUT2D eigenvalue weighted by atomic mass is 79.9. The quantitative estimate of drug-likeness (QED) is 0.638. The van der Waals surface area contributed by atoms with Crippen LogP contribution in [0.4, 0.5) is 11.5 Å². The summed E-state index contributed by atoms with van der Waals surface area (Å²) in [6, 6.07) is 13.4. The molecule has 1 atom stereocenters. The molecular formula is C21H21BrN4O2. The van der Waals surface area contributed by atoms with Gasteiger partial charge in [-0.05, 0) is 67.8 Å². The molecule has 0 saturated carbocycles. The van der Waals surface area contributed by atoms with Crippen LogP contribution in [0.2, 0.25) is 0 Å². The predicted octanol–water partition coefficient (Wildman–Crippen LogP) is 4.66. The maximum Gasteiger partial charge on any atom is 0.229 e. The van der Waals surface area contributed by atoms with Crippen LogP contribution < -0.4 is 10.2 Å². The summed E-state index contributed by atoms with van der Waals surface area (Å²) in [5, 5.41) is 11.7. The van der Waals surface area contributed by atoms with Crippen LogP contribution in [0.3, 0.4) is 0 Å². The summed E-state index contributed by atoms with van der Waals surface area (Å²) in [5.41, 5.74) is 2.59. The van der Waals surface area contributed by atoms with Crippen LogP contribution >= 0.6 is 15.9 Å². The van der Waals surface area contributed by atoms with Gasteiger partial charge in [-0.25, -0.2) is 0 Å². The van der Waals surface area contributed by atoms with Crippen molar-refractivity contribution < 1.29 is 9.21 Å². The van der Waals surface area contributed by atoms with Gasteiger partial charge in [-0.15, -0.1) is 10.2 Å². The fourth-order valence-corrected chi connectivity index (χ4v) is 3.93. The van der Waals surface area contributed by atoms with Crippen molar-refractivity contribution in [2.45, 2.75) is 19.8 Å². The SMILES string of the molecule is Cc1cc(Br)ccc1NC(=O)C1CCCN(c2ccc(-c3ccco3)nn2)C1. The molecule has 144 valence electrons. The van der Waals surface area contributed by atoms with E-state index in [1.165, 1.54) is 0 Å². The Kier molecular flexibility index (Phi) is 5.43. The number of anilines is 2. The van der Waals surface area contributed by atoms with E-state index in [9.17, 15) is 4.79 Å². The molecule has 1 aromatic carbocycles. The number of halogens is 1. The number of carbonyl (C=O) groups excluding carboxylic acids is 1. The van der Waals surface area contributed by atoms with Crippen LogP contribution in [-0.4, -0.2) is 29.2 Å². The average molecular weight is 441 g/mol. The molecule has 2 aromatic heterocycles. The van der Waals surface area contributed by atoms with Crippen molar-refractivity contribution in [2.75, 3.05) is 23.3 Å². The molecule has 1 N–H and O–H groups in total. The number of benzene rings is 1. The van der Waals surface area contributed by atoms with Crippen LogP contribution in [0.1, 0.15) is 18.4 Å². The molecule has 0 spiro atoms. The Labute approximate surface area is 172 Å². The Morgan fingerprint density at radius 3 is 2.86 bits per heavy atom. The zero-order valence-electron chi connectivity index (χ0n) is 15.6. The zero-order valence-corrected chi connectivity index (χ0v) is 17.1. The van der Waals surface area contributed by atoms with Gasteiger partial charge in [0.1, 0.15) is 5.69 Å². The van der Waals surface area contributed by atoms with Gasteiger partial charge in [0.2, 0.25) is 5.91 Å². The Morgan fingerprint density at radius 1 is 1.25 bits per heavy atom. The number of rotatable bonds is 4. The molecule has 1 aliphatic heterocycles. The maximum absolute atomic E-state index is 12.8. The van der Waals surface area contributed by atoms with Crippen molar-refractivity contribution in [1.82, 2.24) is 10.2 Å². The molecule has 3 aromatic rings. The van der Waals surface area contributed by atoms with Gasteiger partial charge in [0.25, 0.3) is 0 Å². The lowest BCUT2D eigenvalue weighted by molar-refractivity contribution is -0.120. The van der Waals surface area contributed by atoms with Crippen molar-refractivity contribution in [3.63, 3.8) is 0 Å². The molecule has 1 amide bonds. The summed E-state index contributed by atoms with van der Waals surface area (Å²) in [4.78, 5) is 14.9. The smallest absolute Gasteiger partial charge is 0.229 e. The van der Waals surface area contributed by atoms with Crippen molar-refractivity contribution in [2.24, 2.45) is 5.92 Å². The molecule has 0 bridgehead atoms. The number of piperidine rings is 1. The first kappa shape index (κ1) is 18.7. The first-order valence-corrected chi connectivity index (χ1v) is 10.1. The lowest BCUT2D eigenvalue weighted by Gasteiger charge is -2.32. The van der Waals surface area contributed by atoms with Gasteiger partial charge in [-0.3, -0.25) is 4.79 Å². The van der Waals surface area contributed by atoms with Crippen molar-refractivity contribution in [3.05, 3.63) is 58.8 Å². The highest BCUT2D eigenvalue weighted by Crippen LogP contribution is 2.26. The second-order valence-electron chi connectivity index (χ2n) is 6.99. The summed E-state index contributed by atoms with van der Waals surface area (Å²) in [5.74, 6) is 1.45. The maximum atomic E-state index is 12.8. The Balaban J connectivity index is 1.43.